The summed E-state index contributed by atoms with van der Waals surface area (Å²) in [6, 6.07) is 13.0. The van der Waals surface area contributed by atoms with Gasteiger partial charge in [0.2, 0.25) is 0 Å². The fourth-order valence-corrected chi connectivity index (χ4v) is 3.38. The van der Waals surface area contributed by atoms with E-state index in [9.17, 15) is 4.79 Å². The molecular formula is C19H20Cl3NO2. The van der Waals surface area contributed by atoms with Gasteiger partial charge in [0.25, 0.3) is 0 Å². The SMILES string of the molecule is CN(C)CCC1(c2ccc(Cl)c(Cl)c2)Cc2ccccc2C(=O)O1.Cl. The molecule has 1 aliphatic rings. The van der Waals surface area contributed by atoms with Crippen molar-refractivity contribution < 1.29 is 9.53 Å². The molecule has 2 aromatic carbocycles. The average molecular weight is 401 g/mol. The Morgan fingerprint density at radius 3 is 2.52 bits per heavy atom. The van der Waals surface area contributed by atoms with Crippen molar-refractivity contribution in [2.24, 2.45) is 0 Å². The number of cyclic esters (lactones) is 1. The molecule has 1 heterocycles. The Balaban J connectivity index is 0.00000225. The fourth-order valence-electron chi connectivity index (χ4n) is 3.08. The number of rotatable bonds is 4. The lowest BCUT2D eigenvalue weighted by atomic mass is 9.81. The summed E-state index contributed by atoms with van der Waals surface area (Å²) in [6.45, 7) is 0.787. The van der Waals surface area contributed by atoms with Crippen LogP contribution in [0, 0.1) is 0 Å². The van der Waals surface area contributed by atoms with Gasteiger partial charge in [-0.3, -0.25) is 0 Å². The van der Waals surface area contributed by atoms with Crippen molar-refractivity contribution in [2.45, 2.75) is 18.4 Å². The molecule has 3 rings (SSSR count). The number of esters is 1. The van der Waals surface area contributed by atoms with Crippen LogP contribution in [0.3, 0.4) is 0 Å². The van der Waals surface area contributed by atoms with Gasteiger partial charge in [0.05, 0.1) is 15.6 Å². The van der Waals surface area contributed by atoms with E-state index in [4.69, 9.17) is 27.9 Å². The first-order valence-electron chi connectivity index (χ1n) is 7.83. The first-order chi connectivity index (χ1) is 11.4. The Hall–Kier alpha value is -1.26. The van der Waals surface area contributed by atoms with E-state index in [0.29, 0.717) is 28.5 Å². The number of benzene rings is 2. The van der Waals surface area contributed by atoms with Crippen LogP contribution in [0.15, 0.2) is 42.5 Å². The third-order valence-corrected chi connectivity index (χ3v) is 5.15. The number of nitrogens with zero attached hydrogens (tertiary/aromatic N) is 1. The molecule has 1 atom stereocenters. The number of hydrogen-bond donors (Lipinski definition) is 0. The van der Waals surface area contributed by atoms with E-state index in [2.05, 4.69) is 4.90 Å². The van der Waals surface area contributed by atoms with Crippen molar-refractivity contribution in [1.29, 1.82) is 0 Å². The standard InChI is InChI=1S/C19H19Cl2NO2.ClH/c1-22(2)10-9-19(14-7-8-16(20)17(21)11-14)12-13-5-3-4-6-15(13)18(23)24-19;/h3-8,11H,9-10,12H2,1-2H3;1H. The molecular weight excluding hydrogens is 381 g/mol. The molecule has 25 heavy (non-hydrogen) atoms. The minimum absolute atomic E-state index is 0. The Kier molecular flexibility index (Phi) is 6.39. The number of fused-ring (bicyclic) bond motifs is 1. The van der Waals surface area contributed by atoms with Gasteiger partial charge in [-0.25, -0.2) is 4.79 Å². The van der Waals surface area contributed by atoms with Gasteiger partial charge in [-0.15, -0.1) is 12.4 Å². The molecule has 6 heteroatoms. The van der Waals surface area contributed by atoms with Crippen molar-refractivity contribution in [2.75, 3.05) is 20.6 Å². The summed E-state index contributed by atoms with van der Waals surface area (Å²) in [7, 11) is 4.00. The normalized spacial score (nSPS) is 19.2. The van der Waals surface area contributed by atoms with Crippen LogP contribution in [0.2, 0.25) is 10.0 Å². The lowest BCUT2D eigenvalue weighted by molar-refractivity contribution is -0.0355. The van der Waals surface area contributed by atoms with Gasteiger partial charge < -0.3 is 9.64 Å². The summed E-state index contributed by atoms with van der Waals surface area (Å²) in [4.78, 5) is 14.7. The summed E-state index contributed by atoms with van der Waals surface area (Å²) in [5.74, 6) is -0.290. The van der Waals surface area contributed by atoms with E-state index >= 15 is 0 Å². The highest BCUT2D eigenvalue weighted by Gasteiger charge is 2.41. The van der Waals surface area contributed by atoms with E-state index < -0.39 is 5.60 Å². The van der Waals surface area contributed by atoms with Crippen LogP contribution < -0.4 is 0 Å². The molecule has 0 fully saturated rings. The van der Waals surface area contributed by atoms with E-state index in [1.165, 1.54) is 0 Å². The van der Waals surface area contributed by atoms with Gasteiger partial charge in [0.15, 0.2) is 0 Å². The summed E-state index contributed by atoms with van der Waals surface area (Å²) < 4.78 is 5.96. The van der Waals surface area contributed by atoms with Gasteiger partial charge in [0, 0.05) is 19.4 Å². The van der Waals surface area contributed by atoms with Gasteiger partial charge in [-0.05, 0) is 43.4 Å². The number of ether oxygens (including phenoxy) is 1. The maximum atomic E-state index is 12.6. The molecule has 0 N–H and O–H groups in total. The Labute approximate surface area is 164 Å². The quantitative estimate of drug-likeness (QED) is 0.678. The molecule has 0 aromatic heterocycles. The third-order valence-electron chi connectivity index (χ3n) is 4.41. The van der Waals surface area contributed by atoms with Gasteiger partial charge in [0.1, 0.15) is 5.60 Å². The Morgan fingerprint density at radius 1 is 1.12 bits per heavy atom. The predicted octanol–water partition coefficient (Wildman–Crippen LogP) is 4.98. The molecule has 0 bridgehead atoms. The highest BCUT2D eigenvalue weighted by atomic mass is 35.5. The minimum Gasteiger partial charge on any atom is -0.450 e. The van der Waals surface area contributed by atoms with Crippen molar-refractivity contribution in [3.8, 4) is 0 Å². The number of carbonyl (C=O) groups is 1. The lowest BCUT2D eigenvalue weighted by Gasteiger charge is -2.39. The second kappa shape index (κ2) is 7.96. The molecule has 0 radical (unpaired) electrons. The van der Waals surface area contributed by atoms with E-state index in [0.717, 1.165) is 17.7 Å². The smallest absolute Gasteiger partial charge is 0.339 e. The second-order valence-corrected chi connectivity index (χ2v) is 7.21. The van der Waals surface area contributed by atoms with E-state index in [1.807, 2.05) is 44.4 Å². The molecule has 2 aromatic rings. The van der Waals surface area contributed by atoms with Gasteiger partial charge in [-0.2, -0.15) is 0 Å². The largest absolute Gasteiger partial charge is 0.450 e. The van der Waals surface area contributed by atoms with Gasteiger partial charge in [-0.1, -0.05) is 47.5 Å². The van der Waals surface area contributed by atoms with E-state index in [-0.39, 0.29) is 18.4 Å². The summed E-state index contributed by atoms with van der Waals surface area (Å²) in [5, 5.41) is 0.957. The van der Waals surface area contributed by atoms with Crippen molar-refractivity contribution in [1.82, 2.24) is 4.90 Å². The molecule has 0 saturated heterocycles. The lowest BCUT2D eigenvalue weighted by Crippen LogP contribution is -2.41. The summed E-state index contributed by atoms with van der Waals surface area (Å²) in [5.41, 5.74) is 1.78. The maximum Gasteiger partial charge on any atom is 0.339 e. The first kappa shape index (κ1) is 20.1. The predicted molar refractivity (Wildman–Crippen MR) is 104 cm³/mol. The second-order valence-electron chi connectivity index (χ2n) is 6.40. The topological polar surface area (TPSA) is 29.5 Å². The molecule has 1 aliphatic heterocycles. The van der Waals surface area contributed by atoms with E-state index in [1.54, 1.807) is 12.1 Å². The van der Waals surface area contributed by atoms with Crippen LogP contribution in [0.1, 0.15) is 27.9 Å². The van der Waals surface area contributed by atoms with Crippen LogP contribution in [0.4, 0.5) is 0 Å². The highest BCUT2D eigenvalue weighted by molar-refractivity contribution is 6.42. The zero-order chi connectivity index (χ0) is 17.3. The summed E-state index contributed by atoms with van der Waals surface area (Å²) >= 11 is 12.3. The molecule has 134 valence electrons. The molecule has 0 spiro atoms. The molecule has 0 aliphatic carbocycles. The fraction of sp³-hybridized carbons (Fsp3) is 0.316. The number of hydrogen-bond acceptors (Lipinski definition) is 3. The first-order valence-corrected chi connectivity index (χ1v) is 8.58. The minimum atomic E-state index is -0.732. The molecule has 0 saturated carbocycles. The van der Waals surface area contributed by atoms with Crippen LogP contribution in [0.5, 0.6) is 0 Å². The Morgan fingerprint density at radius 2 is 1.84 bits per heavy atom. The van der Waals surface area contributed by atoms with Crippen LogP contribution in [-0.4, -0.2) is 31.5 Å². The summed E-state index contributed by atoms with van der Waals surface area (Å²) in [6.07, 6.45) is 1.30. The van der Waals surface area contributed by atoms with Crippen molar-refractivity contribution in [3.05, 3.63) is 69.2 Å². The van der Waals surface area contributed by atoms with Crippen LogP contribution in [-0.2, 0) is 16.8 Å². The molecule has 3 nitrogen and oxygen atoms in total. The average Bonchev–Trinajstić information content (AvgIpc) is 2.55. The molecule has 1 unspecified atom stereocenters. The zero-order valence-corrected chi connectivity index (χ0v) is 16.4. The number of carbonyl (C=O) groups excluding carboxylic acids is 1. The highest BCUT2D eigenvalue weighted by Crippen LogP contribution is 2.41. The molecule has 0 amide bonds. The van der Waals surface area contributed by atoms with Crippen LogP contribution >= 0.6 is 35.6 Å². The zero-order valence-electron chi connectivity index (χ0n) is 14.1. The maximum absolute atomic E-state index is 12.6. The van der Waals surface area contributed by atoms with Crippen molar-refractivity contribution >= 4 is 41.6 Å². The van der Waals surface area contributed by atoms with Crippen LogP contribution in [0.25, 0.3) is 0 Å². The number of halogens is 3. The monoisotopic (exact) mass is 399 g/mol. The van der Waals surface area contributed by atoms with Crippen molar-refractivity contribution in [3.63, 3.8) is 0 Å². The third kappa shape index (κ3) is 4.12. The Bertz CT molecular complexity index is 779. The van der Waals surface area contributed by atoms with Gasteiger partial charge >= 0.3 is 5.97 Å².